The van der Waals surface area contributed by atoms with Crippen LogP contribution in [0.1, 0.15) is 69.2 Å². The summed E-state index contributed by atoms with van der Waals surface area (Å²) in [4.78, 5) is 16.9. The van der Waals surface area contributed by atoms with Gasteiger partial charge in [-0.25, -0.2) is 0 Å². The lowest BCUT2D eigenvalue weighted by Gasteiger charge is -2.15. The molecule has 33 heavy (non-hydrogen) atoms. The molecule has 0 unspecified atom stereocenters. The first-order valence-electron chi connectivity index (χ1n) is 12.2. The molecule has 3 rings (SSSR count). The number of hydrogen-bond acceptors (Lipinski definition) is 2. The van der Waals surface area contributed by atoms with Crippen LogP contribution in [0.5, 0.6) is 0 Å². The van der Waals surface area contributed by atoms with Crippen molar-refractivity contribution in [3.8, 4) is 0 Å². The van der Waals surface area contributed by atoms with Crippen molar-refractivity contribution in [2.75, 3.05) is 0 Å². The Morgan fingerprint density at radius 3 is 2.76 bits per heavy atom. The molecular weight excluding hydrogens is 430 g/mol. The van der Waals surface area contributed by atoms with Gasteiger partial charge in [-0.3, -0.25) is 9.78 Å². The minimum absolute atomic E-state index is 0.0361. The Balaban J connectivity index is 1.67. The number of amides is 1. The predicted octanol–water partition coefficient (Wildman–Crippen LogP) is 6.89. The molecule has 5 heteroatoms. The third-order valence-electron chi connectivity index (χ3n) is 6.32. The molecule has 0 aliphatic rings. The highest BCUT2D eigenvalue weighted by molar-refractivity contribution is 6.31. The zero-order valence-electron chi connectivity index (χ0n) is 20.1. The summed E-state index contributed by atoms with van der Waals surface area (Å²) in [7, 11) is 2.05. The van der Waals surface area contributed by atoms with Crippen LogP contribution in [0.15, 0.2) is 48.8 Å². The molecule has 0 aliphatic heterocycles. The fourth-order valence-corrected chi connectivity index (χ4v) is 4.58. The first-order chi connectivity index (χ1) is 16.0. The van der Waals surface area contributed by atoms with Crippen molar-refractivity contribution in [3.63, 3.8) is 0 Å². The van der Waals surface area contributed by atoms with E-state index in [0.717, 1.165) is 54.8 Å². The van der Waals surface area contributed by atoms with Crippen LogP contribution in [0.25, 0.3) is 17.0 Å². The van der Waals surface area contributed by atoms with Gasteiger partial charge in [-0.15, -0.1) is 0 Å². The van der Waals surface area contributed by atoms with Crippen molar-refractivity contribution in [2.24, 2.45) is 7.05 Å². The monoisotopic (exact) mass is 465 g/mol. The topological polar surface area (TPSA) is 46.9 Å². The summed E-state index contributed by atoms with van der Waals surface area (Å²) in [6, 6.07) is 10.3. The Labute approximate surface area is 203 Å². The average molecular weight is 466 g/mol. The van der Waals surface area contributed by atoms with Gasteiger partial charge in [0.25, 0.3) is 0 Å². The van der Waals surface area contributed by atoms with E-state index in [9.17, 15) is 4.79 Å². The smallest absolute Gasteiger partial charge is 0.244 e. The molecule has 0 spiro atoms. The molecule has 0 aliphatic carbocycles. The molecule has 2 heterocycles. The van der Waals surface area contributed by atoms with Gasteiger partial charge < -0.3 is 9.88 Å². The molecule has 2 aromatic heterocycles. The number of carbonyl (C=O) groups excluding carboxylic acids is 1. The van der Waals surface area contributed by atoms with Crippen LogP contribution in [0, 0.1) is 0 Å². The van der Waals surface area contributed by atoms with Gasteiger partial charge in [0, 0.05) is 53.2 Å². The number of nitrogens with zero attached hydrogens (tertiary/aromatic N) is 2. The number of rotatable bonds is 12. The molecule has 3 aromatic rings. The zero-order chi connectivity index (χ0) is 23.6. The lowest BCUT2D eigenvalue weighted by molar-refractivity contribution is -0.117. The van der Waals surface area contributed by atoms with E-state index < -0.39 is 0 Å². The predicted molar refractivity (Wildman–Crippen MR) is 140 cm³/mol. The minimum atomic E-state index is -0.0361. The third kappa shape index (κ3) is 6.94. The normalized spacial score (nSPS) is 12.5. The second kappa shape index (κ2) is 12.6. The van der Waals surface area contributed by atoms with Gasteiger partial charge >= 0.3 is 0 Å². The molecule has 1 aromatic carbocycles. The van der Waals surface area contributed by atoms with Crippen LogP contribution >= 0.6 is 11.6 Å². The molecule has 1 amide bonds. The number of halogens is 1. The highest BCUT2D eigenvalue weighted by Gasteiger charge is 2.14. The van der Waals surface area contributed by atoms with Crippen molar-refractivity contribution >= 4 is 34.5 Å². The Bertz CT molecular complexity index is 1070. The summed E-state index contributed by atoms with van der Waals surface area (Å²) < 4.78 is 2.15. The fourth-order valence-electron chi connectivity index (χ4n) is 4.42. The summed E-state index contributed by atoms with van der Waals surface area (Å²) in [6.07, 6.45) is 15.8. The lowest BCUT2D eigenvalue weighted by Crippen LogP contribution is -2.33. The number of pyridine rings is 1. The third-order valence-corrected chi connectivity index (χ3v) is 6.55. The summed E-state index contributed by atoms with van der Waals surface area (Å²) in [5.41, 5.74) is 4.73. The molecule has 1 atom stereocenters. The van der Waals surface area contributed by atoms with E-state index in [1.807, 2.05) is 37.5 Å². The molecule has 0 bridgehead atoms. The zero-order valence-corrected chi connectivity index (χ0v) is 20.9. The largest absolute Gasteiger partial charge is 0.350 e. The van der Waals surface area contributed by atoms with E-state index in [1.165, 1.54) is 29.4 Å². The van der Waals surface area contributed by atoms with E-state index in [2.05, 4.69) is 40.8 Å². The van der Waals surface area contributed by atoms with Gasteiger partial charge in [-0.1, -0.05) is 50.4 Å². The second-order valence-corrected chi connectivity index (χ2v) is 9.18. The van der Waals surface area contributed by atoms with Gasteiger partial charge in [-0.05, 0) is 73.9 Å². The van der Waals surface area contributed by atoms with Crippen LogP contribution in [0.4, 0.5) is 0 Å². The summed E-state index contributed by atoms with van der Waals surface area (Å²) >= 11 is 6.26. The number of unbranched alkanes of at least 4 members (excludes halogenated alkanes) is 2. The second-order valence-electron chi connectivity index (χ2n) is 8.74. The average Bonchev–Trinajstić information content (AvgIpc) is 3.08. The van der Waals surface area contributed by atoms with E-state index >= 15 is 0 Å². The molecule has 0 saturated heterocycles. The van der Waals surface area contributed by atoms with Gasteiger partial charge in [0.15, 0.2) is 0 Å². The highest BCUT2D eigenvalue weighted by atomic mass is 35.5. The summed E-state index contributed by atoms with van der Waals surface area (Å²) in [5, 5.41) is 5.14. The van der Waals surface area contributed by atoms with Crippen molar-refractivity contribution in [3.05, 3.63) is 70.6 Å². The van der Waals surface area contributed by atoms with Crippen molar-refractivity contribution in [1.82, 2.24) is 14.9 Å². The first kappa shape index (κ1) is 25.0. The summed E-state index contributed by atoms with van der Waals surface area (Å²) in [6.45, 7) is 4.34. The number of fused-ring (bicyclic) bond motifs is 1. The van der Waals surface area contributed by atoms with Gasteiger partial charge in [0.1, 0.15) is 0 Å². The highest BCUT2D eigenvalue weighted by Crippen LogP contribution is 2.30. The molecule has 1 N–H and O–H groups in total. The van der Waals surface area contributed by atoms with Crippen molar-refractivity contribution in [1.29, 1.82) is 0 Å². The van der Waals surface area contributed by atoms with Gasteiger partial charge in [0.2, 0.25) is 5.91 Å². The van der Waals surface area contributed by atoms with Crippen molar-refractivity contribution < 1.29 is 4.79 Å². The SMILES string of the molecule is CCCCCc1c(C=CC(=O)N[C@H](CC)CCCc2cccnc2)n(C)c2cc(Cl)ccc12. The molecule has 0 saturated carbocycles. The van der Waals surface area contributed by atoms with Gasteiger partial charge in [-0.2, -0.15) is 0 Å². The van der Waals surface area contributed by atoms with Crippen LogP contribution in [-0.4, -0.2) is 21.5 Å². The van der Waals surface area contributed by atoms with E-state index in [4.69, 9.17) is 11.6 Å². The Morgan fingerprint density at radius 2 is 2.03 bits per heavy atom. The standard InChI is InChI=1S/C28H36ClN3O/c1-4-6-7-13-24-25-15-14-22(29)19-27(25)32(3)26(24)16-17-28(33)31-23(5-2)12-8-10-21-11-9-18-30-20-21/h9,11,14-20,23H,4-8,10,12-13H2,1-3H3,(H,31,33)/t23-/m1/s1. The Kier molecular flexibility index (Phi) is 9.56. The summed E-state index contributed by atoms with van der Waals surface area (Å²) in [5.74, 6) is -0.0361. The minimum Gasteiger partial charge on any atom is -0.350 e. The molecule has 176 valence electrons. The number of carbonyl (C=O) groups is 1. The van der Waals surface area contributed by atoms with Crippen molar-refractivity contribution in [2.45, 2.75) is 71.3 Å². The van der Waals surface area contributed by atoms with Crippen LogP contribution in [0.3, 0.4) is 0 Å². The van der Waals surface area contributed by atoms with E-state index in [1.54, 1.807) is 12.3 Å². The molecular formula is C28H36ClN3O. The number of aryl methyl sites for hydroxylation is 3. The number of aromatic nitrogens is 2. The van der Waals surface area contributed by atoms with E-state index in [-0.39, 0.29) is 11.9 Å². The van der Waals surface area contributed by atoms with E-state index in [0.29, 0.717) is 0 Å². The molecule has 4 nitrogen and oxygen atoms in total. The number of benzene rings is 1. The Hall–Kier alpha value is -2.59. The Morgan fingerprint density at radius 1 is 1.18 bits per heavy atom. The van der Waals surface area contributed by atoms with Crippen LogP contribution in [0.2, 0.25) is 5.02 Å². The maximum absolute atomic E-state index is 12.7. The molecule has 0 fully saturated rings. The quantitative estimate of drug-likeness (QED) is 0.234. The number of hydrogen-bond donors (Lipinski definition) is 1. The fraction of sp³-hybridized carbons (Fsp3) is 0.429. The molecule has 0 radical (unpaired) electrons. The van der Waals surface area contributed by atoms with Crippen LogP contribution < -0.4 is 5.32 Å². The van der Waals surface area contributed by atoms with Crippen LogP contribution in [-0.2, 0) is 24.7 Å². The first-order valence-corrected chi connectivity index (χ1v) is 12.6. The lowest BCUT2D eigenvalue weighted by atomic mass is 10.0. The maximum Gasteiger partial charge on any atom is 0.244 e. The maximum atomic E-state index is 12.7. The number of nitrogens with one attached hydrogen (secondary N) is 1. The van der Waals surface area contributed by atoms with Gasteiger partial charge in [0.05, 0.1) is 0 Å².